The van der Waals surface area contributed by atoms with Crippen molar-refractivity contribution >= 4 is 29.1 Å². The van der Waals surface area contributed by atoms with Crippen LogP contribution in [0.1, 0.15) is 64.4 Å². The van der Waals surface area contributed by atoms with E-state index >= 15 is 0 Å². The van der Waals surface area contributed by atoms with Crippen molar-refractivity contribution in [3.8, 4) is 0 Å². The van der Waals surface area contributed by atoms with E-state index in [1.54, 1.807) is 30.3 Å². The molecule has 0 unspecified atom stereocenters. The number of rotatable bonds is 9. The van der Waals surface area contributed by atoms with Crippen LogP contribution in [0.3, 0.4) is 0 Å². The molecule has 3 aromatic carbocycles. The Morgan fingerprint density at radius 3 is 2.33 bits per heavy atom. The average Bonchev–Trinajstić information content (AvgIpc) is 3.76. The van der Waals surface area contributed by atoms with Crippen molar-refractivity contribution in [1.82, 2.24) is 10.2 Å². The van der Waals surface area contributed by atoms with E-state index in [9.17, 15) is 18.8 Å². The summed E-state index contributed by atoms with van der Waals surface area (Å²) in [6.45, 7) is 3.75. The lowest BCUT2D eigenvalue weighted by Crippen LogP contribution is -2.35. The number of ketones is 1. The van der Waals surface area contributed by atoms with Crippen LogP contribution in [0.15, 0.2) is 66.7 Å². The summed E-state index contributed by atoms with van der Waals surface area (Å²) in [5, 5.41) is 8.81. The number of amides is 3. The third kappa shape index (κ3) is 7.33. The van der Waals surface area contributed by atoms with Crippen molar-refractivity contribution in [2.24, 2.45) is 5.92 Å². The molecule has 208 valence electrons. The van der Waals surface area contributed by atoms with E-state index < -0.39 is 6.03 Å². The molecular weight excluding hydrogens is 507 g/mol. The number of piperidine rings is 1. The van der Waals surface area contributed by atoms with Crippen LogP contribution in [0.5, 0.6) is 0 Å². The highest BCUT2D eigenvalue weighted by atomic mass is 19.1. The second-order valence-corrected chi connectivity index (χ2v) is 10.8. The summed E-state index contributed by atoms with van der Waals surface area (Å²) in [6.07, 6.45) is 4.91. The fourth-order valence-corrected chi connectivity index (χ4v) is 5.20. The molecule has 2 aliphatic rings. The van der Waals surface area contributed by atoms with Gasteiger partial charge in [-0.25, -0.2) is 9.18 Å². The number of benzene rings is 3. The molecule has 1 aliphatic heterocycles. The molecule has 1 aliphatic carbocycles. The minimum absolute atomic E-state index is 0.0813. The number of urea groups is 1. The maximum absolute atomic E-state index is 13.3. The summed E-state index contributed by atoms with van der Waals surface area (Å²) in [7, 11) is 0. The van der Waals surface area contributed by atoms with E-state index in [2.05, 4.69) is 20.9 Å². The predicted octanol–water partition coefficient (Wildman–Crippen LogP) is 6.02. The number of hydrogen-bond acceptors (Lipinski definition) is 4. The maximum atomic E-state index is 13.3. The van der Waals surface area contributed by atoms with Gasteiger partial charge in [-0.15, -0.1) is 0 Å². The zero-order chi connectivity index (χ0) is 28.1. The summed E-state index contributed by atoms with van der Waals surface area (Å²) in [5.41, 5.74) is 4.10. The Labute approximate surface area is 234 Å². The molecule has 1 heterocycles. The molecule has 0 aromatic heterocycles. The molecule has 3 amide bonds. The number of nitrogens with one attached hydrogen (secondary N) is 3. The largest absolute Gasteiger partial charge is 0.349 e. The SMILES string of the molecule is CC(=O)c1cccc(NC(=O)Nc2cccc(C(=O)NC3CC3)c2CN2CCC(Cc3ccc(F)cc3)CC2)c1. The fourth-order valence-electron chi connectivity index (χ4n) is 5.20. The topological polar surface area (TPSA) is 90.5 Å². The van der Waals surface area contributed by atoms with Gasteiger partial charge in [-0.1, -0.05) is 30.3 Å². The summed E-state index contributed by atoms with van der Waals surface area (Å²) >= 11 is 0. The van der Waals surface area contributed by atoms with Gasteiger partial charge in [-0.3, -0.25) is 14.5 Å². The number of carbonyl (C=O) groups is 3. The van der Waals surface area contributed by atoms with Crippen LogP contribution in [0.4, 0.5) is 20.6 Å². The Hall–Kier alpha value is -4.04. The monoisotopic (exact) mass is 542 g/mol. The van der Waals surface area contributed by atoms with Crippen LogP contribution in [0.25, 0.3) is 0 Å². The highest BCUT2D eigenvalue weighted by Gasteiger charge is 2.27. The number of carbonyl (C=O) groups excluding carboxylic acids is 3. The highest BCUT2D eigenvalue weighted by molar-refractivity contribution is 6.03. The van der Waals surface area contributed by atoms with Crippen molar-refractivity contribution in [2.45, 2.75) is 51.6 Å². The fraction of sp³-hybridized carbons (Fsp3) is 0.344. The van der Waals surface area contributed by atoms with Crippen molar-refractivity contribution < 1.29 is 18.8 Å². The van der Waals surface area contributed by atoms with Crippen LogP contribution >= 0.6 is 0 Å². The molecule has 1 saturated heterocycles. The van der Waals surface area contributed by atoms with E-state index in [4.69, 9.17) is 0 Å². The van der Waals surface area contributed by atoms with Gasteiger partial charge in [0.05, 0.1) is 0 Å². The molecule has 3 N–H and O–H groups in total. The predicted molar refractivity (Wildman–Crippen MR) is 154 cm³/mol. The highest BCUT2D eigenvalue weighted by Crippen LogP contribution is 2.28. The van der Waals surface area contributed by atoms with E-state index in [0.29, 0.717) is 35.0 Å². The first-order chi connectivity index (χ1) is 19.3. The van der Waals surface area contributed by atoms with E-state index in [1.165, 1.54) is 19.1 Å². The normalized spacial score (nSPS) is 15.8. The van der Waals surface area contributed by atoms with Crippen molar-refractivity contribution in [3.05, 3.63) is 94.8 Å². The van der Waals surface area contributed by atoms with Crippen molar-refractivity contribution in [2.75, 3.05) is 23.7 Å². The lowest BCUT2D eigenvalue weighted by Gasteiger charge is -2.33. The molecule has 0 bridgehead atoms. The van der Waals surface area contributed by atoms with E-state index in [1.807, 2.05) is 24.3 Å². The van der Waals surface area contributed by atoms with Crippen LogP contribution < -0.4 is 16.0 Å². The molecule has 1 saturated carbocycles. The first-order valence-electron chi connectivity index (χ1n) is 13.9. The molecule has 0 atom stereocenters. The number of likely N-dealkylation sites (tertiary alicyclic amines) is 1. The third-order valence-corrected chi connectivity index (χ3v) is 7.63. The lowest BCUT2D eigenvalue weighted by atomic mass is 9.90. The molecule has 3 aromatic rings. The Bertz CT molecular complexity index is 1380. The molecule has 5 rings (SSSR count). The van der Waals surface area contributed by atoms with Gasteiger partial charge in [-0.2, -0.15) is 0 Å². The second kappa shape index (κ2) is 12.4. The molecule has 7 nitrogen and oxygen atoms in total. The molecule has 8 heteroatoms. The van der Waals surface area contributed by atoms with E-state index in [-0.39, 0.29) is 23.5 Å². The number of hydrogen-bond donors (Lipinski definition) is 3. The van der Waals surface area contributed by atoms with Gasteiger partial charge in [0.1, 0.15) is 5.82 Å². The standard InChI is InChI=1S/C32H35FN4O3/c1-21(38)24-4-2-5-27(19-24)35-32(40)36-30-7-3-6-28(31(39)34-26-12-13-26)29(30)20-37-16-14-23(15-17-37)18-22-8-10-25(33)11-9-22/h2-11,19,23,26H,12-18,20H2,1H3,(H,34,39)(H2,35,36,40). The van der Waals surface area contributed by atoms with Gasteiger partial charge in [-0.05, 0) is 100.0 Å². The van der Waals surface area contributed by atoms with Gasteiger partial charge in [0.2, 0.25) is 0 Å². The van der Waals surface area contributed by atoms with Gasteiger partial charge in [0, 0.05) is 40.7 Å². The van der Waals surface area contributed by atoms with Crippen molar-refractivity contribution in [3.63, 3.8) is 0 Å². The molecule has 2 fully saturated rings. The summed E-state index contributed by atoms with van der Waals surface area (Å²) < 4.78 is 13.3. The van der Waals surface area contributed by atoms with Gasteiger partial charge in [0.15, 0.2) is 5.78 Å². The first kappa shape index (κ1) is 27.5. The molecular formula is C32H35FN4O3. The summed E-state index contributed by atoms with van der Waals surface area (Å²) in [6, 6.07) is 18.7. The number of nitrogens with zero attached hydrogens (tertiary/aromatic N) is 1. The molecule has 0 radical (unpaired) electrons. The maximum Gasteiger partial charge on any atom is 0.323 e. The van der Waals surface area contributed by atoms with Gasteiger partial charge in [0.25, 0.3) is 5.91 Å². The quantitative estimate of drug-likeness (QED) is 0.289. The van der Waals surface area contributed by atoms with Crippen LogP contribution in [0.2, 0.25) is 0 Å². The number of anilines is 2. The zero-order valence-electron chi connectivity index (χ0n) is 22.7. The van der Waals surface area contributed by atoms with Crippen LogP contribution in [-0.4, -0.2) is 41.8 Å². The van der Waals surface area contributed by atoms with Crippen molar-refractivity contribution in [1.29, 1.82) is 0 Å². The lowest BCUT2D eigenvalue weighted by molar-refractivity contribution is 0.0947. The van der Waals surface area contributed by atoms with Crippen LogP contribution in [-0.2, 0) is 13.0 Å². The smallest absolute Gasteiger partial charge is 0.323 e. The Morgan fingerprint density at radius 1 is 0.900 bits per heavy atom. The van der Waals surface area contributed by atoms with Gasteiger partial charge < -0.3 is 16.0 Å². The average molecular weight is 543 g/mol. The Balaban J connectivity index is 1.28. The molecule has 0 spiro atoms. The minimum atomic E-state index is -0.445. The minimum Gasteiger partial charge on any atom is -0.349 e. The number of halogens is 1. The second-order valence-electron chi connectivity index (χ2n) is 10.8. The van der Waals surface area contributed by atoms with E-state index in [0.717, 1.165) is 56.3 Å². The van der Waals surface area contributed by atoms with Gasteiger partial charge >= 0.3 is 6.03 Å². The Morgan fingerprint density at radius 2 is 1.62 bits per heavy atom. The third-order valence-electron chi connectivity index (χ3n) is 7.63. The number of Topliss-reactive ketones (excluding diaryl/α,β-unsaturated/α-hetero) is 1. The Kier molecular flexibility index (Phi) is 8.55. The molecule has 40 heavy (non-hydrogen) atoms. The zero-order valence-corrected chi connectivity index (χ0v) is 22.7. The summed E-state index contributed by atoms with van der Waals surface area (Å²) in [4.78, 5) is 40.2. The van der Waals surface area contributed by atoms with Crippen LogP contribution in [0, 0.1) is 11.7 Å². The first-order valence-corrected chi connectivity index (χ1v) is 13.9. The summed E-state index contributed by atoms with van der Waals surface area (Å²) in [5.74, 6) is 0.0963.